The predicted molar refractivity (Wildman–Crippen MR) is 91.3 cm³/mol. The molecule has 2 heterocycles. The third kappa shape index (κ3) is 3.34. The largest absolute Gasteiger partial charge is 0.352 e. The number of nitrogens with zero attached hydrogens (tertiary/aromatic N) is 3. The lowest BCUT2D eigenvalue weighted by Gasteiger charge is -2.33. The molecule has 0 saturated carbocycles. The molecule has 0 fully saturated rings. The standard InChI is InChI=1S/C17H26ClN3/c1-5-14(6-2)21(12-13(3)4)17-15(11-18)20-10-8-7-9-16(20)19-17/h7-10,13-14H,5-6,11-12H2,1-4H3. The van der Waals surface area contributed by atoms with Gasteiger partial charge in [0, 0.05) is 18.8 Å². The minimum atomic E-state index is 0.481. The van der Waals surface area contributed by atoms with Crippen molar-refractivity contribution in [2.75, 3.05) is 11.4 Å². The Bertz CT molecular complexity index is 572. The molecule has 2 rings (SSSR count). The summed E-state index contributed by atoms with van der Waals surface area (Å²) in [5.41, 5.74) is 2.07. The van der Waals surface area contributed by atoms with Crippen LogP contribution in [0.4, 0.5) is 5.82 Å². The summed E-state index contributed by atoms with van der Waals surface area (Å²) in [6.45, 7) is 10.0. The molecule has 116 valence electrons. The van der Waals surface area contributed by atoms with Gasteiger partial charge in [-0.15, -0.1) is 11.6 Å². The van der Waals surface area contributed by atoms with Crippen LogP contribution in [0, 0.1) is 5.92 Å². The Hall–Kier alpha value is -1.22. The average Bonchev–Trinajstić information content (AvgIpc) is 2.85. The number of pyridine rings is 1. The molecule has 0 aromatic carbocycles. The van der Waals surface area contributed by atoms with E-state index < -0.39 is 0 Å². The van der Waals surface area contributed by atoms with Crippen LogP contribution < -0.4 is 4.90 Å². The lowest BCUT2D eigenvalue weighted by Crippen LogP contribution is -2.38. The first kappa shape index (κ1) is 16.2. The van der Waals surface area contributed by atoms with Crippen LogP contribution in [0.25, 0.3) is 5.65 Å². The number of hydrogen-bond acceptors (Lipinski definition) is 2. The number of rotatable bonds is 7. The summed E-state index contributed by atoms with van der Waals surface area (Å²) in [6, 6.07) is 6.60. The molecule has 0 amide bonds. The van der Waals surface area contributed by atoms with Gasteiger partial charge in [-0.3, -0.25) is 0 Å². The minimum absolute atomic E-state index is 0.481. The fraction of sp³-hybridized carbons (Fsp3) is 0.588. The lowest BCUT2D eigenvalue weighted by atomic mass is 10.1. The highest BCUT2D eigenvalue weighted by molar-refractivity contribution is 6.17. The molecule has 0 saturated heterocycles. The SMILES string of the molecule is CCC(CC)N(CC(C)C)c1nc2ccccn2c1CCl. The number of aromatic nitrogens is 2. The second-order valence-corrected chi connectivity index (χ2v) is 6.23. The molecule has 0 spiro atoms. The summed E-state index contributed by atoms with van der Waals surface area (Å²) in [7, 11) is 0. The highest BCUT2D eigenvalue weighted by Crippen LogP contribution is 2.27. The Morgan fingerprint density at radius 3 is 2.52 bits per heavy atom. The smallest absolute Gasteiger partial charge is 0.152 e. The summed E-state index contributed by atoms with van der Waals surface area (Å²) in [6.07, 6.45) is 4.29. The second-order valence-electron chi connectivity index (χ2n) is 5.96. The van der Waals surface area contributed by atoms with Gasteiger partial charge in [-0.05, 0) is 30.9 Å². The van der Waals surface area contributed by atoms with Crippen molar-refractivity contribution in [3.8, 4) is 0 Å². The molecule has 21 heavy (non-hydrogen) atoms. The first-order valence-electron chi connectivity index (χ1n) is 7.90. The maximum absolute atomic E-state index is 6.24. The van der Waals surface area contributed by atoms with Crippen molar-refractivity contribution in [2.45, 2.75) is 52.5 Å². The Morgan fingerprint density at radius 1 is 1.24 bits per heavy atom. The van der Waals surface area contributed by atoms with Crippen molar-refractivity contribution in [3.63, 3.8) is 0 Å². The Labute approximate surface area is 132 Å². The van der Waals surface area contributed by atoms with Crippen molar-refractivity contribution in [1.29, 1.82) is 0 Å². The maximum atomic E-state index is 6.24. The van der Waals surface area contributed by atoms with Crippen LogP contribution in [0.3, 0.4) is 0 Å². The van der Waals surface area contributed by atoms with Gasteiger partial charge in [0.1, 0.15) is 5.65 Å². The van der Waals surface area contributed by atoms with Crippen LogP contribution in [-0.4, -0.2) is 22.0 Å². The Balaban J connectivity index is 2.52. The van der Waals surface area contributed by atoms with Crippen molar-refractivity contribution >= 4 is 23.1 Å². The van der Waals surface area contributed by atoms with Gasteiger partial charge in [-0.1, -0.05) is 33.8 Å². The molecule has 3 nitrogen and oxygen atoms in total. The minimum Gasteiger partial charge on any atom is -0.352 e. The van der Waals surface area contributed by atoms with Crippen molar-refractivity contribution in [1.82, 2.24) is 9.38 Å². The summed E-state index contributed by atoms with van der Waals surface area (Å²) < 4.78 is 2.11. The normalized spacial score (nSPS) is 11.8. The lowest BCUT2D eigenvalue weighted by molar-refractivity contribution is 0.503. The van der Waals surface area contributed by atoms with Crippen LogP contribution in [0.5, 0.6) is 0 Å². The zero-order valence-corrected chi connectivity index (χ0v) is 14.3. The number of imidazole rings is 1. The fourth-order valence-corrected chi connectivity index (χ4v) is 3.17. The summed E-state index contributed by atoms with van der Waals surface area (Å²) in [5.74, 6) is 2.13. The van der Waals surface area contributed by atoms with E-state index in [2.05, 4.69) is 37.0 Å². The number of alkyl halides is 1. The highest BCUT2D eigenvalue weighted by atomic mass is 35.5. The van der Waals surface area contributed by atoms with E-state index in [0.29, 0.717) is 17.8 Å². The topological polar surface area (TPSA) is 20.5 Å². The van der Waals surface area contributed by atoms with Gasteiger partial charge in [0.25, 0.3) is 0 Å². The van der Waals surface area contributed by atoms with Gasteiger partial charge < -0.3 is 9.30 Å². The van der Waals surface area contributed by atoms with E-state index in [1.54, 1.807) is 0 Å². The predicted octanol–water partition coefficient (Wildman–Crippen LogP) is 4.72. The van der Waals surface area contributed by atoms with E-state index in [0.717, 1.165) is 36.5 Å². The molecule has 0 radical (unpaired) electrons. The van der Waals surface area contributed by atoms with Gasteiger partial charge in [-0.25, -0.2) is 4.98 Å². The van der Waals surface area contributed by atoms with E-state index in [4.69, 9.17) is 16.6 Å². The molecular weight excluding hydrogens is 282 g/mol. The molecule has 0 unspecified atom stereocenters. The van der Waals surface area contributed by atoms with Crippen molar-refractivity contribution in [3.05, 3.63) is 30.1 Å². The van der Waals surface area contributed by atoms with Crippen LogP contribution in [0.1, 0.15) is 46.2 Å². The molecule has 2 aromatic rings. The molecule has 0 aliphatic heterocycles. The zero-order chi connectivity index (χ0) is 15.4. The van der Waals surface area contributed by atoms with Gasteiger partial charge in [0.2, 0.25) is 0 Å². The number of halogens is 1. The molecule has 0 aliphatic carbocycles. The molecule has 2 aromatic heterocycles. The average molecular weight is 308 g/mol. The van der Waals surface area contributed by atoms with Crippen LogP contribution >= 0.6 is 11.6 Å². The van der Waals surface area contributed by atoms with Crippen LogP contribution in [0.15, 0.2) is 24.4 Å². The van der Waals surface area contributed by atoms with Crippen molar-refractivity contribution < 1.29 is 0 Å². The van der Waals surface area contributed by atoms with Crippen LogP contribution in [-0.2, 0) is 5.88 Å². The van der Waals surface area contributed by atoms with E-state index >= 15 is 0 Å². The second kappa shape index (κ2) is 7.17. The van der Waals surface area contributed by atoms with E-state index in [1.165, 1.54) is 0 Å². The van der Waals surface area contributed by atoms with E-state index in [9.17, 15) is 0 Å². The molecule has 4 heteroatoms. The summed E-state index contributed by atoms with van der Waals surface area (Å²) >= 11 is 6.24. The molecular formula is C17H26ClN3. The Morgan fingerprint density at radius 2 is 1.95 bits per heavy atom. The summed E-state index contributed by atoms with van der Waals surface area (Å²) in [5, 5.41) is 0. The van der Waals surface area contributed by atoms with E-state index in [-0.39, 0.29) is 0 Å². The first-order valence-corrected chi connectivity index (χ1v) is 8.44. The number of fused-ring (bicyclic) bond motifs is 1. The molecule has 0 N–H and O–H groups in total. The third-order valence-electron chi connectivity index (χ3n) is 3.95. The van der Waals surface area contributed by atoms with Crippen molar-refractivity contribution in [2.24, 2.45) is 5.92 Å². The zero-order valence-electron chi connectivity index (χ0n) is 13.5. The van der Waals surface area contributed by atoms with Crippen LogP contribution in [0.2, 0.25) is 0 Å². The molecule has 0 bridgehead atoms. The van der Waals surface area contributed by atoms with Gasteiger partial charge in [0.05, 0.1) is 11.6 Å². The molecule has 0 atom stereocenters. The number of anilines is 1. The quantitative estimate of drug-likeness (QED) is 0.690. The number of hydrogen-bond donors (Lipinski definition) is 0. The Kier molecular flexibility index (Phi) is 5.51. The molecule has 0 aliphatic rings. The highest BCUT2D eigenvalue weighted by Gasteiger charge is 2.23. The summed E-state index contributed by atoms with van der Waals surface area (Å²) in [4.78, 5) is 7.31. The van der Waals surface area contributed by atoms with E-state index in [1.807, 2.05) is 24.4 Å². The van der Waals surface area contributed by atoms with Gasteiger partial charge in [0.15, 0.2) is 5.82 Å². The third-order valence-corrected chi connectivity index (χ3v) is 4.20. The first-order chi connectivity index (χ1) is 10.1. The van der Waals surface area contributed by atoms with Gasteiger partial charge >= 0.3 is 0 Å². The monoisotopic (exact) mass is 307 g/mol. The fourth-order valence-electron chi connectivity index (χ4n) is 2.92. The van der Waals surface area contributed by atoms with Gasteiger partial charge in [-0.2, -0.15) is 0 Å². The maximum Gasteiger partial charge on any atom is 0.152 e.